The Kier molecular flexibility index (Phi) is 5.09. The van der Waals surface area contributed by atoms with Crippen molar-refractivity contribution >= 4 is 23.0 Å². The van der Waals surface area contributed by atoms with E-state index in [2.05, 4.69) is 25.3 Å². The maximum absolute atomic E-state index is 11.3. The molecule has 158 valence electrons. The number of nitrogens with zero attached hydrogens (tertiary/aromatic N) is 3. The Labute approximate surface area is 183 Å². The SMILES string of the molecule is O=C(O)C1c2ccccc2-c2ccccc21.c1coc(CNc2ncnc3nc[nH]c23)c1. The Hall–Kier alpha value is -4.46. The second kappa shape index (κ2) is 8.35. The van der Waals surface area contributed by atoms with Crippen LogP contribution in [0.15, 0.2) is 84.0 Å². The number of rotatable bonds is 4. The summed E-state index contributed by atoms with van der Waals surface area (Å²) in [7, 11) is 0. The highest BCUT2D eigenvalue weighted by molar-refractivity contribution is 5.92. The number of hydrogen-bond acceptors (Lipinski definition) is 6. The Morgan fingerprint density at radius 3 is 2.34 bits per heavy atom. The number of H-pyrrole nitrogens is 1. The van der Waals surface area contributed by atoms with E-state index in [1.54, 1.807) is 12.6 Å². The quantitative estimate of drug-likeness (QED) is 0.390. The summed E-state index contributed by atoms with van der Waals surface area (Å²) in [4.78, 5) is 26.5. The third-order valence-corrected chi connectivity index (χ3v) is 5.31. The average molecular weight is 425 g/mol. The van der Waals surface area contributed by atoms with Crippen molar-refractivity contribution in [3.63, 3.8) is 0 Å². The van der Waals surface area contributed by atoms with E-state index < -0.39 is 11.9 Å². The van der Waals surface area contributed by atoms with Crippen LogP contribution in [0.25, 0.3) is 22.3 Å². The summed E-state index contributed by atoms with van der Waals surface area (Å²) in [5, 5.41) is 12.5. The second-order valence-electron chi connectivity index (χ2n) is 7.20. The lowest BCUT2D eigenvalue weighted by Crippen LogP contribution is -2.09. The van der Waals surface area contributed by atoms with Crippen molar-refractivity contribution in [3.8, 4) is 11.1 Å². The van der Waals surface area contributed by atoms with Crippen LogP contribution in [0.2, 0.25) is 0 Å². The molecule has 8 heteroatoms. The maximum Gasteiger partial charge on any atom is 0.315 e. The number of carboxylic acids is 1. The minimum Gasteiger partial charge on any atom is -0.481 e. The lowest BCUT2D eigenvalue weighted by Gasteiger charge is -2.06. The van der Waals surface area contributed by atoms with Crippen molar-refractivity contribution in [3.05, 3.63) is 96.5 Å². The van der Waals surface area contributed by atoms with Gasteiger partial charge in [0.2, 0.25) is 0 Å². The zero-order valence-corrected chi connectivity index (χ0v) is 16.9. The lowest BCUT2D eigenvalue weighted by atomic mass is 9.97. The average Bonchev–Trinajstić information content (AvgIpc) is 3.56. The molecule has 5 aromatic rings. The van der Waals surface area contributed by atoms with Gasteiger partial charge in [-0.1, -0.05) is 48.5 Å². The summed E-state index contributed by atoms with van der Waals surface area (Å²) in [6, 6.07) is 19.2. The van der Waals surface area contributed by atoms with Crippen molar-refractivity contribution < 1.29 is 14.3 Å². The molecule has 0 aliphatic heterocycles. The predicted molar refractivity (Wildman–Crippen MR) is 119 cm³/mol. The van der Waals surface area contributed by atoms with Gasteiger partial charge in [-0.3, -0.25) is 4.79 Å². The van der Waals surface area contributed by atoms with Crippen molar-refractivity contribution in [2.24, 2.45) is 0 Å². The molecule has 1 aliphatic rings. The Bertz CT molecular complexity index is 1330. The van der Waals surface area contributed by atoms with Gasteiger partial charge < -0.3 is 19.8 Å². The number of aromatic amines is 1. The van der Waals surface area contributed by atoms with E-state index in [-0.39, 0.29) is 0 Å². The number of aromatic nitrogens is 4. The molecule has 2 aromatic carbocycles. The molecule has 3 heterocycles. The number of anilines is 1. The number of hydrogen-bond donors (Lipinski definition) is 3. The monoisotopic (exact) mass is 425 g/mol. The van der Waals surface area contributed by atoms with Crippen LogP contribution in [0.5, 0.6) is 0 Å². The molecule has 3 aromatic heterocycles. The van der Waals surface area contributed by atoms with E-state index in [1.807, 2.05) is 60.7 Å². The molecule has 6 rings (SSSR count). The van der Waals surface area contributed by atoms with E-state index in [4.69, 9.17) is 4.42 Å². The molecule has 1 aliphatic carbocycles. The predicted octanol–water partition coefficient (Wildman–Crippen LogP) is 4.44. The van der Waals surface area contributed by atoms with Crippen molar-refractivity contribution in [2.45, 2.75) is 12.5 Å². The molecule has 0 atom stereocenters. The molecule has 3 N–H and O–H groups in total. The normalized spacial score (nSPS) is 12.0. The zero-order chi connectivity index (χ0) is 21.9. The Morgan fingerprint density at radius 2 is 1.69 bits per heavy atom. The number of imidazole rings is 1. The first kappa shape index (κ1) is 19.5. The van der Waals surface area contributed by atoms with E-state index in [1.165, 1.54) is 6.33 Å². The van der Waals surface area contributed by atoms with E-state index in [9.17, 15) is 9.90 Å². The number of benzene rings is 2. The molecule has 0 bridgehead atoms. The van der Waals surface area contributed by atoms with E-state index in [0.29, 0.717) is 12.2 Å². The standard InChI is InChI=1S/C14H10O2.C10H9N5O/c15-14(16)13-11-7-3-1-5-9(11)10-6-2-4-8-12(10)13;1-2-7(16-3-1)4-11-9-8-10(13-5-12-8)15-6-14-9/h1-8,13H,(H,15,16);1-3,5-6H,4H2,(H2,11,12,13,14,15). The smallest absolute Gasteiger partial charge is 0.315 e. The third-order valence-electron chi connectivity index (χ3n) is 5.31. The maximum atomic E-state index is 11.3. The van der Waals surface area contributed by atoms with Gasteiger partial charge in [0.25, 0.3) is 0 Å². The molecule has 0 saturated carbocycles. The molecule has 32 heavy (non-hydrogen) atoms. The zero-order valence-electron chi connectivity index (χ0n) is 16.9. The Balaban J connectivity index is 0.000000135. The van der Waals surface area contributed by atoms with Crippen LogP contribution in [-0.2, 0) is 11.3 Å². The first-order chi connectivity index (χ1) is 15.7. The summed E-state index contributed by atoms with van der Waals surface area (Å²) in [6.45, 7) is 0.581. The van der Waals surface area contributed by atoms with Gasteiger partial charge in [0.1, 0.15) is 23.5 Å². The van der Waals surface area contributed by atoms with Crippen LogP contribution in [0.1, 0.15) is 22.8 Å². The van der Waals surface area contributed by atoms with Gasteiger partial charge in [0.05, 0.1) is 19.1 Å². The molecule has 0 radical (unpaired) electrons. The van der Waals surface area contributed by atoms with Gasteiger partial charge in [0.15, 0.2) is 11.5 Å². The minimum atomic E-state index is -0.780. The number of carbonyl (C=O) groups is 1. The fraction of sp³-hybridized carbons (Fsp3) is 0.0833. The first-order valence-electron chi connectivity index (χ1n) is 10.0. The summed E-state index contributed by atoms with van der Waals surface area (Å²) in [5.41, 5.74) is 5.34. The number of nitrogens with one attached hydrogen (secondary N) is 2. The number of aliphatic carboxylic acids is 1. The van der Waals surface area contributed by atoms with Gasteiger partial charge in [-0.05, 0) is 34.4 Å². The van der Waals surface area contributed by atoms with Crippen LogP contribution in [0.4, 0.5) is 5.82 Å². The fourth-order valence-electron chi connectivity index (χ4n) is 3.90. The highest BCUT2D eigenvalue weighted by Crippen LogP contribution is 2.44. The number of furan rings is 1. The largest absolute Gasteiger partial charge is 0.481 e. The molecular formula is C24H19N5O3. The molecule has 0 saturated heterocycles. The van der Waals surface area contributed by atoms with Crippen LogP contribution in [0, 0.1) is 0 Å². The summed E-state index contributed by atoms with van der Waals surface area (Å²) in [5.74, 6) is 0.287. The topological polar surface area (TPSA) is 117 Å². The molecule has 0 fully saturated rings. The molecular weight excluding hydrogens is 406 g/mol. The van der Waals surface area contributed by atoms with Crippen LogP contribution in [0.3, 0.4) is 0 Å². The Morgan fingerprint density at radius 1 is 0.969 bits per heavy atom. The van der Waals surface area contributed by atoms with Crippen molar-refractivity contribution in [2.75, 3.05) is 5.32 Å². The second-order valence-corrected chi connectivity index (χ2v) is 7.20. The van der Waals surface area contributed by atoms with E-state index >= 15 is 0 Å². The highest BCUT2D eigenvalue weighted by Gasteiger charge is 2.32. The molecule has 0 unspecified atom stereocenters. The summed E-state index contributed by atoms with van der Waals surface area (Å²) < 4.78 is 5.22. The molecule has 8 nitrogen and oxygen atoms in total. The van der Waals surface area contributed by atoms with Crippen molar-refractivity contribution in [1.29, 1.82) is 0 Å². The third kappa shape index (κ3) is 3.58. The molecule has 0 amide bonds. The van der Waals surface area contributed by atoms with Gasteiger partial charge in [-0.15, -0.1) is 0 Å². The van der Waals surface area contributed by atoms with Crippen LogP contribution < -0.4 is 5.32 Å². The van der Waals surface area contributed by atoms with Crippen LogP contribution in [-0.4, -0.2) is 31.0 Å². The lowest BCUT2D eigenvalue weighted by molar-refractivity contribution is -0.137. The van der Waals surface area contributed by atoms with Crippen LogP contribution >= 0.6 is 0 Å². The summed E-state index contributed by atoms with van der Waals surface area (Å²) in [6.07, 6.45) is 4.72. The van der Waals surface area contributed by atoms with Gasteiger partial charge in [-0.2, -0.15) is 0 Å². The van der Waals surface area contributed by atoms with Gasteiger partial charge in [-0.25, -0.2) is 15.0 Å². The van der Waals surface area contributed by atoms with Gasteiger partial charge in [0, 0.05) is 0 Å². The first-order valence-corrected chi connectivity index (χ1v) is 10.0. The minimum absolute atomic E-state index is 0.507. The number of carboxylic acid groups (broad SMARTS) is 1. The van der Waals surface area contributed by atoms with E-state index in [0.717, 1.165) is 39.3 Å². The highest BCUT2D eigenvalue weighted by atomic mass is 16.4. The number of fused-ring (bicyclic) bond motifs is 4. The van der Waals surface area contributed by atoms with Gasteiger partial charge >= 0.3 is 5.97 Å². The fourth-order valence-corrected chi connectivity index (χ4v) is 3.90. The summed E-state index contributed by atoms with van der Waals surface area (Å²) >= 11 is 0. The molecule has 0 spiro atoms. The van der Waals surface area contributed by atoms with Crippen molar-refractivity contribution in [1.82, 2.24) is 19.9 Å².